The number of hydrogen-bond donors (Lipinski definition) is 4. The van der Waals surface area contributed by atoms with Gasteiger partial charge < -0.3 is 25.4 Å². The number of carbonyl (C=O) groups is 4. The molecule has 0 bridgehead atoms. The molecule has 54 heavy (non-hydrogen) atoms. The first-order chi connectivity index (χ1) is 26.2. The summed E-state index contributed by atoms with van der Waals surface area (Å²) in [7, 11) is 0. The predicted octanol–water partition coefficient (Wildman–Crippen LogP) is 6.87. The van der Waals surface area contributed by atoms with Crippen LogP contribution in [0.5, 0.6) is 5.75 Å². The molecule has 0 saturated carbocycles. The number of alkyl carbamates (subject to hydrolysis) is 1. The third-order valence-corrected chi connectivity index (χ3v) is 10.0. The summed E-state index contributed by atoms with van der Waals surface area (Å²) in [4.78, 5) is 50.3. The van der Waals surface area contributed by atoms with E-state index in [0.29, 0.717) is 41.7 Å². The zero-order valence-corrected chi connectivity index (χ0v) is 31.8. The lowest BCUT2D eigenvalue weighted by Crippen LogP contribution is -2.45. The molecule has 1 aliphatic carbocycles. The van der Waals surface area contributed by atoms with E-state index in [0.717, 1.165) is 33.4 Å². The van der Waals surface area contributed by atoms with Gasteiger partial charge in [-0.05, 0) is 71.8 Å². The number of hydrogen-bond acceptors (Lipinski definition) is 8. The van der Waals surface area contributed by atoms with Crippen molar-refractivity contribution in [2.45, 2.75) is 44.4 Å². The van der Waals surface area contributed by atoms with E-state index >= 15 is 0 Å². The minimum absolute atomic E-state index is 0.0536. The number of amides is 4. The average molecular weight is 770 g/mol. The predicted molar refractivity (Wildman–Crippen MR) is 213 cm³/mol. The Morgan fingerprint density at radius 3 is 2.20 bits per heavy atom. The molecular weight excluding hydrogens is 726 g/mol. The molecule has 4 aromatic rings. The Hall–Kier alpha value is -5.33. The topological polar surface area (TPSA) is 147 Å². The van der Waals surface area contributed by atoms with E-state index in [-0.39, 0.29) is 43.0 Å². The molecule has 282 valence electrons. The van der Waals surface area contributed by atoms with Crippen molar-refractivity contribution in [1.29, 1.82) is 0 Å². The van der Waals surface area contributed by atoms with Gasteiger partial charge in [0.15, 0.2) is 6.61 Å². The Bertz CT molecular complexity index is 1910. The van der Waals surface area contributed by atoms with Gasteiger partial charge in [-0.1, -0.05) is 90.5 Å². The number of urea groups is 1. The second kappa shape index (κ2) is 20.2. The molecule has 0 aliphatic heterocycles. The first-order valence-electron chi connectivity index (χ1n) is 17.7. The van der Waals surface area contributed by atoms with Crippen LogP contribution in [-0.4, -0.2) is 67.6 Å². The second-order valence-electron chi connectivity index (χ2n) is 12.6. The number of ketones is 1. The van der Waals surface area contributed by atoms with Crippen molar-refractivity contribution in [2.75, 3.05) is 32.1 Å². The quantitative estimate of drug-likeness (QED) is 0.0638. The van der Waals surface area contributed by atoms with Crippen molar-refractivity contribution < 1.29 is 28.7 Å². The highest BCUT2D eigenvalue weighted by Gasteiger charge is 2.30. The van der Waals surface area contributed by atoms with Gasteiger partial charge in [0, 0.05) is 42.0 Å². The van der Waals surface area contributed by atoms with Gasteiger partial charge in [-0.25, -0.2) is 15.0 Å². The molecule has 0 heterocycles. The van der Waals surface area contributed by atoms with Crippen LogP contribution in [0, 0.1) is 0 Å². The van der Waals surface area contributed by atoms with Crippen LogP contribution in [0.25, 0.3) is 11.1 Å². The first kappa shape index (κ1) is 39.9. The van der Waals surface area contributed by atoms with Crippen molar-refractivity contribution >= 4 is 52.9 Å². The maximum Gasteiger partial charge on any atom is 0.407 e. The van der Waals surface area contributed by atoms with Crippen molar-refractivity contribution in [3.63, 3.8) is 0 Å². The minimum Gasteiger partial charge on any atom is -0.484 e. The summed E-state index contributed by atoms with van der Waals surface area (Å²) in [6.07, 6.45) is -0.218. The van der Waals surface area contributed by atoms with Crippen molar-refractivity contribution in [1.82, 2.24) is 21.4 Å². The Morgan fingerprint density at radius 2 is 1.54 bits per heavy atom. The fourth-order valence-electron chi connectivity index (χ4n) is 6.05. The van der Waals surface area contributed by atoms with Crippen molar-refractivity contribution in [2.24, 2.45) is 5.10 Å². The summed E-state index contributed by atoms with van der Waals surface area (Å²) in [6, 6.07) is 29.5. The van der Waals surface area contributed by atoms with E-state index in [1.54, 1.807) is 12.1 Å². The number of nitrogens with zero attached hydrogens (tertiary/aromatic N) is 1. The van der Waals surface area contributed by atoms with Crippen LogP contribution in [0.1, 0.15) is 48.4 Å². The molecule has 0 unspecified atom stereocenters. The highest BCUT2D eigenvalue weighted by Crippen LogP contribution is 2.44. The molecule has 5 rings (SSSR count). The van der Waals surface area contributed by atoms with Crippen LogP contribution in [0.15, 0.2) is 102 Å². The molecule has 1 atom stereocenters. The molecule has 0 spiro atoms. The molecule has 0 radical (unpaired) electrons. The van der Waals surface area contributed by atoms with Crippen LogP contribution in [0.4, 0.5) is 9.59 Å². The van der Waals surface area contributed by atoms with Gasteiger partial charge in [-0.2, -0.15) is 16.9 Å². The molecule has 4 aromatic carbocycles. The Morgan fingerprint density at radius 1 is 0.870 bits per heavy atom. The number of ether oxygens (including phenoxy) is 2. The summed E-state index contributed by atoms with van der Waals surface area (Å²) < 4.78 is 11.3. The fourth-order valence-corrected chi connectivity index (χ4v) is 7.38. The Kier molecular flexibility index (Phi) is 14.9. The molecule has 4 amide bonds. The third kappa shape index (κ3) is 11.6. The number of carbonyl (C=O) groups excluding carboxylic acids is 4. The number of benzene rings is 4. The molecule has 4 N–H and O–H groups in total. The zero-order chi connectivity index (χ0) is 38.3. The fraction of sp³-hybridized carbons (Fsp3) is 0.293. The van der Waals surface area contributed by atoms with Gasteiger partial charge in [-0.3, -0.25) is 9.59 Å². The van der Waals surface area contributed by atoms with E-state index in [9.17, 15) is 19.2 Å². The van der Waals surface area contributed by atoms with Crippen LogP contribution >= 0.6 is 23.4 Å². The largest absolute Gasteiger partial charge is 0.484 e. The van der Waals surface area contributed by atoms with E-state index < -0.39 is 18.2 Å². The van der Waals surface area contributed by atoms with Crippen LogP contribution < -0.4 is 26.1 Å². The summed E-state index contributed by atoms with van der Waals surface area (Å²) in [5, 5.41) is 13.3. The Balaban J connectivity index is 1.21. The maximum absolute atomic E-state index is 13.3. The van der Waals surface area contributed by atoms with Gasteiger partial charge in [0.1, 0.15) is 18.1 Å². The molecule has 0 aromatic heterocycles. The number of likely N-dealkylation sites (N-methyl/N-ethyl adjacent to an activating group) is 1. The van der Waals surface area contributed by atoms with E-state index in [1.807, 2.05) is 79.7 Å². The molecule has 11 nitrogen and oxygen atoms in total. The van der Waals surface area contributed by atoms with E-state index in [1.165, 1.54) is 18.7 Å². The molecule has 0 fully saturated rings. The van der Waals surface area contributed by atoms with E-state index in [4.69, 9.17) is 21.1 Å². The van der Waals surface area contributed by atoms with Crippen molar-refractivity contribution in [3.8, 4) is 16.9 Å². The zero-order valence-electron chi connectivity index (χ0n) is 30.2. The number of nitrogens with one attached hydrogen (secondary N) is 4. The summed E-state index contributed by atoms with van der Waals surface area (Å²) in [5.74, 6) is 0.885. The first-order valence-corrected chi connectivity index (χ1v) is 19.3. The standard InChI is InChI=1S/C41H44ClN5O6S/c1-3-43-39(49)24-52-30-18-16-28(17-19-30)20-21-44-40(50)47-46-38(26-54-25-29-10-4-9-15-36(29)42)37(22-27(2)48)45-41(51)53-23-35-33-13-7-5-11-31(33)32-12-6-8-14-34(32)35/h4-19,35,37H,3,20-26H2,1-2H3,(H,43,49)(H,45,51)(H2,44,47,50)/b46-38+/t37-/m0/s1. The Labute approximate surface area is 324 Å². The van der Waals surface area contributed by atoms with Gasteiger partial charge >= 0.3 is 12.1 Å². The van der Waals surface area contributed by atoms with Gasteiger partial charge in [0.25, 0.3) is 5.91 Å². The maximum atomic E-state index is 13.3. The van der Waals surface area contributed by atoms with E-state index in [2.05, 4.69) is 38.6 Å². The smallest absolute Gasteiger partial charge is 0.407 e. The number of halogens is 1. The second-order valence-corrected chi connectivity index (χ2v) is 14.0. The van der Waals surface area contributed by atoms with Crippen LogP contribution in [-0.2, 0) is 26.5 Å². The summed E-state index contributed by atoms with van der Waals surface area (Å²) in [6.45, 7) is 4.16. The lowest BCUT2D eigenvalue weighted by molar-refractivity contribution is -0.123. The van der Waals surface area contributed by atoms with Gasteiger partial charge in [0.2, 0.25) is 0 Å². The van der Waals surface area contributed by atoms with Gasteiger partial charge in [-0.15, -0.1) is 0 Å². The normalized spacial score (nSPS) is 12.5. The number of Topliss-reactive ketones (excluding diaryl/α,β-unsaturated/α-hetero) is 1. The molecule has 1 aliphatic rings. The summed E-state index contributed by atoms with van der Waals surface area (Å²) in [5.41, 5.74) is 9.19. The SMILES string of the molecule is CCNC(=O)COc1ccc(CCNC(=O)N/N=C(\CSCc2ccccc2Cl)[C@H](CC(C)=O)NC(=O)OCC2c3ccccc3-c3ccccc32)cc1. The highest BCUT2D eigenvalue weighted by molar-refractivity contribution is 7.99. The number of fused-ring (bicyclic) bond motifs is 3. The van der Waals surface area contributed by atoms with Crippen LogP contribution in [0.3, 0.4) is 0 Å². The minimum atomic E-state index is -0.842. The molecule has 13 heteroatoms. The lowest BCUT2D eigenvalue weighted by atomic mass is 9.98. The lowest BCUT2D eigenvalue weighted by Gasteiger charge is -2.21. The number of hydrazone groups is 1. The monoisotopic (exact) mass is 769 g/mol. The third-order valence-electron chi connectivity index (χ3n) is 8.66. The van der Waals surface area contributed by atoms with Crippen molar-refractivity contribution in [3.05, 3.63) is 124 Å². The molecular formula is C41H44ClN5O6S. The average Bonchev–Trinajstić information content (AvgIpc) is 3.49. The highest BCUT2D eigenvalue weighted by atomic mass is 35.5. The number of rotatable bonds is 18. The van der Waals surface area contributed by atoms with Crippen LogP contribution in [0.2, 0.25) is 5.02 Å². The van der Waals surface area contributed by atoms with Gasteiger partial charge in [0.05, 0.1) is 11.8 Å². The molecule has 0 saturated heterocycles. The summed E-state index contributed by atoms with van der Waals surface area (Å²) >= 11 is 7.86. The number of thioether (sulfide) groups is 1.